The summed E-state index contributed by atoms with van der Waals surface area (Å²) in [4.78, 5) is 19.2. The third-order valence-electron chi connectivity index (χ3n) is 7.04. The highest BCUT2D eigenvalue weighted by Gasteiger charge is 2.21. The zero-order valence-electron chi connectivity index (χ0n) is 20.4. The summed E-state index contributed by atoms with van der Waals surface area (Å²) in [7, 11) is 1.99. The first kappa shape index (κ1) is 22.3. The number of anilines is 3. The van der Waals surface area contributed by atoms with E-state index in [1.165, 1.54) is 19.3 Å². The molecule has 1 fully saturated rings. The van der Waals surface area contributed by atoms with Crippen molar-refractivity contribution in [2.24, 2.45) is 7.05 Å². The molecule has 5 aromatic rings. The molecule has 184 valence electrons. The third kappa shape index (κ3) is 4.32. The molecule has 0 amide bonds. The van der Waals surface area contributed by atoms with E-state index in [4.69, 9.17) is 19.9 Å². The summed E-state index contributed by atoms with van der Waals surface area (Å²) in [6, 6.07) is 15.7. The maximum Gasteiger partial charge on any atom is 0.233 e. The molecule has 0 radical (unpaired) electrons. The largest absolute Gasteiger partial charge is 0.508 e. The second-order valence-corrected chi connectivity index (χ2v) is 9.46. The lowest BCUT2D eigenvalue weighted by Crippen LogP contribution is -2.14. The number of phenolic OH excluding ortho intramolecular Hbond substituents is 1. The van der Waals surface area contributed by atoms with Gasteiger partial charge in [-0.2, -0.15) is 9.97 Å². The lowest BCUT2D eigenvalue weighted by Gasteiger charge is -2.23. The Kier molecular flexibility index (Phi) is 5.88. The third-order valence-corrected chi connectivity index (χ3v) is 7.04. The minimum Gasteiger partial charge on any atom is -0.508 e. The Labute approximate surface area is 209 Å². The highest BCUT2D eigenvalue weighted by molar-refractivity contribution is 5.85. The topological polar surface area (TPSA) is 106 Å². The van der Waals surface area contributed by atoms with Crippen molar-refractivity contribution in [1.82, 2.24) is 29.1 Å². The van der Waals surface area contributed by atoms with Gasteiger partial charge in [0.1, 0.15) is 5.75 Å². The Morgan fingerprint density at radius 1 is 0.972 bits per heavy atom. The number of hydrogen-bond acceptors (Lipinski definition) is 7. The molecule has 9 heteroatoms. The lowest BCUT2D eigenvalue weighted by atomic mass is 9.95. The van der Waals surface area contributed by atoms with Gasteiger partial charge < -0.3 is 19.6 Å². The van der Waals surface area contributed by atoms with Crippen LogP contribution < -0.4 is 10.6 Å². The van der Waals surface area contributed by atoms with E-state index < -0.39 is 0 Å². The van der Waals surface area contributed by atoms with Gasteiger partial charge in [0.25, 0.3) is 0 Å². The van der Waals surface area contributed by atoms with Gasteiger partial charge in [0.15, 0.2) is 17.0 Å². The zero-order valence-corrected chi connectivity index (χ0v) is 20.4. The summed E-state index contributed by atoms with van der Waals surface area (Å²) in [5, 5.41) is 16.4. The van der Waals surface area contributed by atoms with Gasteiger partial charge in [0.2, 0.25) is 11.9 Å². The fraction of sp³-hybridized carbons (Fsp3) is 0.333. The fourth-order valence-electron chi connectivity index (χ4n) is 5.07. The number of phenols is 1. The summed E-state index contributed by atoms with van der Waals surface area (Å²) in [5.74, 6) is 2.16. The SMILES string of the molecule is Cn1c(Nc2nc(NCCc3ccc(O)cc3)c3ncn(C4CCCCC4)c3n2)nc2ccccc21. The number of aromatic hydroxyl groups is 1. The number of nitrogens with zero attached hydrogens (tertiary/aromatic N) is 6. The predicted molar refractivity (Wildman–Crippen MR) is 142 cm³/mol. The molecule has 0 aliphatic heterocycles. The Morgan fingerprint density at radius 2 is 1.78 bits per heavy atom. The fourth-order valence-corrected chi connectivity index (χ4v) is 5.07. The second kappa shape index (κ2) is 9.49. The molecule has 36 heavy (non-hydrogen) atoms. The number of para-hydroxylation sites is 2. The molecular formula is C27H30N8O. The van der Waals surface area contributed by atoms with Gasteiger partial charge in [0.05, 0.1) is 17.4 Å². The van der Waals surface area contributed by atoms with Gasteiger partial charge in [0, 0.05) is 19.6 Å². The Balaban J connectivity index is 1.33. The molecule has 3 N–H and O–H groups in total. The molecule has 0 unspecified atom stereocenters. The Bertz CT molecular complexity index is 1500. The van der Waals surface area contributed by atoms with Crippen LogP contribution in [0.25, 0.3) is 22.2 Å². The Hall–Kier alpha value is -4.14. The molecule has 0 atom stereocenters. The molecular weight excluding hydrogens is 452 g/mol. The minimum atomic E-state index is 0.273. The standard InChI is InChI=1S/C27H30N8O/c1-34-22-10-6-5-9-21(22)30-27(34)33-26-31-24(28-16-15-18-11-13-20(36)14-12-18)23-25(32-26)35(17-29-23)19-7-3-2-4-8-19/h5-6,9-14,17,19,36H,2-4,7-8,15-16H2,1H3,(H2,28,30,31,32,33). The maximum absolute atomic E-state index is 9.55. The monoisotopic (exact) mass is 482 g/mol. The quantitative estimate of drug-likeness (QED) is 0.288. The van der Waals surface area contributed by atoms with Crippen LogP contribution in [0.3, 0.4) is 0 Å². The molecule has 0 bridgehead atoms. The first-order chi connectivity index (χ1) is 17.7. The molecule has 6 rings (SSSR count). The number of nitrogens with one attached hydrogen (secondary N) is 2. The van der Waals surface area contributed by atoms with Crippen LogP contribution >= 0.6 is 0 Å². The van der Waals surface area contributed by atoms with E-state index in [1.54, 1.807) is 12.1 Å². The molecule has 1 aliphatic rings. The molecule has 2 aromatic carbocycles. The van der Waals surface area contributed by atoms with Crippen molar-refractivity contribution >= 4 is 39.9 Å². The van der Waals surface area contributed by atoms with Crippen LogP contribution in [0.1, 0.15) is 43.7 Å². The number of hydrogen-bond donors (Lipinski definition) is 3. The van der Waals surface area contributed by atoms with E-state index in [0.717, 1.165) is 47.0 Å². The van der Waals surface area contributed by atoms with Crippen molar-refractivity contribution in [3.8, 4) is 5.75 Å². The summed E-state index contributed by atoms with van der Waals surface area (Å²) in [6.45, 7) is 0.679. The summed E-state index contributed by atoms with van der Waals surface area (Å²) in [6.07, 6.45) is 8.76. The number of aryl methyl sites for hydroxylation is 1. The van der Waals surface area contributed by atoms with Gasteiger partial charge in [-0.05, 0) is 49.1 Å². The highest BCUT2D eigenvalue weighted by Crippen LogP contribution is 2.32. The number of benzene rings is 2. The van der Waals surface area contributed by atoms with E-state index in [-0.39, 0.29) is 5.75 Å². The maximum atomic E-state index is 9.55. The van der Waals surface area contributed by atoms with Crippen LogP contribution in [-0.4, -0.2) is 40.7 Å². The van der Waals surface area contributed by atoms with Crippen LogP contribution in [0.15, 0.2) is 54.9 Å². The number of aromatic nitrogens is 6. The van der Waals surface area contributed by atoms with Crippen LogP contribution in [0.4, 0.5) is 17.7 Å². The van der Waals surface area contributed by atoms with E-state index in [1.807, 2.05) is 54.3 Å². The average Bonchev–Trinajstić information content (AvgIpc) is 3.47. The number of imidazole rings is 2. The van der Waals surface area contributed by atoms with Gasteiger partial charge >= 0.3 is 0 Å². The normalized spacial score (nSPS) is 14.5. The molecule has 0 spiro atoms. The number of fused-ring (bicyclic) bond motifs is 2. The van der Waals surface area contributed by atoms with Crippen molar-refractivity contribution in [3.05, 3.63) is 60.4 Å². The van der Waals surface area contributed by atoms with Gasteiger partial charge in [-0.15, -0.1) is 0 Å². The van der Waals surface area contributed by atoms with Crippen LogP contribution in [0.5, 0.6) is 5.75 Å². The van der Waals surface area contributed by atoms with Gasteiger partial charge in [-0.25, -0.2) is 9.97 Å². The van der Waals surface area contributed by atoms with Gasteiger partial charge in [-0.3, -0.25) is 5.32 Å². The van der Waals surface area contributed by atoms with Crippen LogP contribution in [-0.2, 0) is 13.5 Å². The van der Waals surface area contributed by atoms with E-state index in [9.17, 15) is 5.11 Å². The predicted octanol–water partition coefficient (Wildman–Crippen LogP) is 5.32. The molecule has 3 aromatic heterocycles. The molecule has 1 saturated carbocycles. The first-order valence-electron chi connectivity index (χ1n) is 12.6. The molecule has 1 aliphatic carbocycles. The average molecular weight is 483 g/mol. The summed E-state index contributed by atoms with van der Waals surface area (Å²) >= 11 is 0. The van der Waals surface area contributed by atoms with Crippen molar-refractivity contribution in [2.45, 2.75) is 44.6 Å². The van der Waals surface area contributed by atoms with Crippen LogP contribution in [0, 0.1) is 0 Å². The zero-order chi connectivity index (χ0) is 24.5. The Morgan fingerprint density at radius 3 is 2.58 bits per heavy atom. The van der Waals surface area contributed by atoms with E-state index in [0.29, 0.717) is 30.3 Å². The molecule has 9 nitrogen and oxygen atoms in total. The van der Waals surface area contributed by atoms with Crippen molar-refractivity contribution < 1.29 is 5.11 Å². The first-order valence-corrected chi connectivity index (χ1v) is 12.6. The molecule has 3 heterocycles. The second-order valence-electron chi connectivity index (χ2n) is 9.46. The van der Waals surface area contributed by atoms with E-state index in [2.05, 4.69) is 15.2 Å². The van der Waals surface area contributed by atoms with Crippen molar-refractivity contribution in [2.75, 3.05) is 17.2 Å². The lowest BCUT2D eigenvalue weighted by molar-refractivity contribution is 0.358. The number of rotatable bonds is 7. The van der Waals surface area contributed by atoms with Crippen molar-refractivity contribution in [1.29, 1.82) is 0 Å². The minimum absolute atomic E-state index is 0.273. The van der Waals surface area contributed by atoms with E-state index >= 15 is 0 Å². The summed E-state index contributed by atoms with van der Waals surface area (Å²) < 4.78 is 4.24. The molecule has 0 saturated heterocycles. The summed E-state index contributed by atoms with van der Waals surface area (Å²) in [5.41, 5.74) is 4.71. The highest BCUT2D eigenvalue weighted by atomic mass is 16.3. The van der Waals surface area contributed by atoms with Crippen molar-refractivity contribution in [3.63, 3.8) is 0 Å². The van der Waals surface area contributed by atoms with Crippen LogP contribution in [0.2, 0.25) is 0 Å². The smallest absolute Gasteiger partial charge is 0.233 e. The van der Waals surface area contributed by atoms with Gasteiger partial charge in [-0.1, -0.05) is 43.5 Å².